The highest BCUT2D eigenvalue weighted by Gasteiger charge is 2.10. The highest BCUT2D eigenvalue weighted by atomic mass is 16.5. The van der Waals surface area contributed by atoms with Crippen molar-refractivity contribution < 1.29 is 9.53 Å². The van der Waals surface area contributed by atoms with E-state index in [1.807, 2.05) is 31.2 Å². The predicted octanol–water partition coefficient (Wildman–Crippen LogP) is 5.86. The Morgan fingerprint density at radius 3 is 2.21 bits per heavy atom. The van der Waals surface area contributed by atoms with Crippen LogP contribution in [0.2, 0.25) is 0 Å². The molecule has 0 saturated heterocycles. The van der Waals surface area contributed by atoms with Crippen LogP contribution in [0.4, 0.5) is 0 Å². The summed E-state index contributed by atoms with van der Waals surface area (Å²) in [4.78, 5) is 12.1. The number of carbonyl (C=O) groups is 1. The molecule has 0 saturated carbocycles. The number of benzene rings is 2. The van der Waals surface area contributed by atoms with E-state index in [0.717, 1.165) is 11.1 Å². The minimum atomic E-state index is -0.353. The van der Waals surface area contributed by atoms with Crippen LogP contribution in [0.5, 0.6) is 5.75 Å². The lowest BCUT2D eigenvalue weighted by atomic mass is 10.00. The lowest BCUT2D eigenvalue weighted by Gasteiger charge is -2.12. The zero-order valence-corrected chi connectivity index (χ0v) is 15.2. The lowest BCUT2D eigenvalue weighted by Crippen LogP contribution is -2.06. The van der Waals surface area contributed by atoms with Gasteiger partial charge in [0.05, 0.1) is 0 Å². The fraction of sp³-hybridized carbons (Fsp3) is 0.318. The number of rotatable bonds is 5. The van der Waals surface area contributed by atoms with Crippen molar-refractivity contribution in [1.29, 1.82) is 0 Å². The number of hydrogen-bond acceptors (Lipinski definition) is 2. The first-order valence-corrected chi connectivity index (χ1v) is 8.47. The van der Waals surface area contributed by atoms with Crippen molar-refractivity contribution in [2.45, 2.75) is 46.5 Å². The molecule has 0 unspecified atom stereocenters. The molecular weight excluding hydrogens is 296 g/mol. The molecule has 0 N–H and O–H groups in total. The van der Waals surface area contributed by atoms with Crippen LogP contribution in [0.3, 0.4) is 0 Å². The summed E-state index contributed by atoms with van der Waals surface area (Å²) in [6.07, 6.45) is 3.27. The Morgan fingerprint density at radius 2 is 1.62 bits per heavy atom. The van der Waals surface area contributed by atoms with E-state index in [2.05, 4.69) is 45.9 Å². The van der Waals surface area contributed by atoms with Crippen LogP contribution in [-0.4, -0.2) is 5.97 Å². The topological polar surface area (TPSA) is 26.3 Å². The molecule has 0 amide bonds. The third kappa shape index (κ3) is 4.82. The minimum absolute atomic E-state index is 0.306. The first-order valence-electron chi connectivity index (χ1n) is 8.47. The summed E-state index contributed by atoms with van der Waals surface area (Å²) >= 11 is 0. The maximum Gasteiger partial charge on any atom is 0.336 e. The van der Waals surface area contributed by atoms with E-state index < -0.39 is 0 Å². The van der Waals surface area contributed by atoms with Crippen molar-refractivity contribution in [3.63, 3.8) is 0 Å². The van der Waals surface area contributed by atoms with Gasteiger partial charge in [-0.3, -0.25) is 0 Å². The number of hydrogen-bond donors (Lipinski definition) is 0. The summed E-state index contributed by atoms with van der Waals surface area (Å²) in [5, 5.41) is 0. The molecule has 2 rings (SSSR count). The molecule has 2 heteroatoms. The van der Waals surface area contributed by atoms with E-state index >= 15 is 0 Å². The SMILES string of the molecule is Cc1ccc(OC(=O)/C=C/c2ccc(C(C)C)cc2)c(C(C)C)c1. The second-order valence-electron chi connectivity index (χ2n) is 6.77. The van der Waals surface area contributed by atoms with Gasteiger partial charge in [-0.15, -0.1) is 0 Å². The van der Waals surface area contributed by atoms with Gasteiger partial charge < -0.3 is 4.74 Å². The van der Waals surface area contributed by atoms with Crippen molar-refractivity contribution in [3.8, 4) is 5.75 Å². The van der Waals surface area contributed by atoms with E-state index in [-0.39, 0.29) is 5.97 Å². The van der Waals surface area contributed by atoms with Crippen molar-refractivity contribution in [2.24, 2.45) is 0 Å². The highest BCUT2D eigenvalue weighted by molar-refractivity contribution is 5.88. The average molecular weight is 322 g/mol. The maximum atomic E-state index is 12.1. The third-order valence-electron chi connectivity index (χ3n) is 4.01. The zero-order chi connectivity index (χ0) is 17.7. The smallest absolute Gasteiger partial charge is 0.336 e. The summed E-state index contributed by atoms with van der Waals surface area (Å²) in [5.41, 5.74) is 4.50. The second kappa shape index (κ2) is 7.96. The van der Waals surface area contributed by atoms with Gasteiger partial charge in [0.15, 0.2) is 0 Å². The van der Waals surface area contributed by atoms with Crippen molar-refractivity contribution in [1.82, 2.24) is 0 Å². The Kier molecular flexibility index (Phi) is 5.97. The minimum Gasteiger partial charge on any atom is -0.423 e. The van der Waals surface area contributed by atoms with Crippen LogP contribution in [0.1, 0.15) is 61.8 Å². The standard InChI is InChI=1S/C22H26O2/c1-15(2)19-10-7-18(8-11-19)9-13-22(23)24-21-12-6-17(5)14-20(21)16(3)4/h6-16H,1-5H3/b13-9+. The Bertz CT molecular complexity index is 722. The molecule has 0 radical (unpaired) electrons. The van der Waals surface area contributed by atoms with Crippen LogP contribution >= 0.6 is 0 Å². The molecule has 0 heterocycles. The quantitative estimate of drug-likeness (QED) is 0.391. The van der Waals surface area contributed by atoms with Crippen molar-refractivity contribution >= 4 is 12.0 Å². The van der Waals surface area contributed by atoms with Gasteiger partial charge in [0.1, 0.15) is 5.75 Å². The number of esters is 1. The molecule has 0 aliphatic rings. The maximum absolute atomic E-state index is 12.1. The largest absolute Gasteiger partial charge is 0.423 e. The fourth-order valence-corrected chi connectivity index (χ4v) is 2.51. The van der Waals surface area contributed by atoms with Gasteiger partial charge in [-0.2, -0.15) is 0 Å². The van der Waals surface area contributed by atoms with Crippen LogP contribution in [0.15, 0.2) is 48.5 Å². The summed E-state index contributed by atoms with van der Waals surface area (Å²) in [6, 6.07) is 14.1. The van der Waals surface area contributed by atoms with Gasteiger partial charge in [-0.25, -0.2) is 4.79 Å². The van der Waals surface area contributed by atoms with Gasteiger partial charge >= 0.3 is 5.97 Å². The Hall–Kier alpha value is -2.35. The van der Waals surface area contributed by atoms with Gasteiger partial charge in [-0.05, 0) is 47.6 Å². The van der Waals surface area contributed by atoms with Gasteiger partial charge in [0, 0.05) is 6.08 Å². The summed E-state index contributed by atoms with van der Waals surface area (Å²) in [7, 11) is 0. The van der Waals surface area contributed by atoms with E-state index in [1.54, 1.807) is 6.08 Å². The molecule has 0 bridgehead atoms. The summed E-state index contributed by atoms with van der Waals surface area (Å²) < 4.78 is 5.52. The second-order valence-corrected chi connectivity index (χ2v) is 6.77. The van der Waals surface area contributed by atoms with Gasteiger partial charge in [0.25, 0.3) is 0 Å². The molecule has 2 nitrogen and oxygen atoms in total. The van der Waals surface area contributed by atoms with Crippen LogP contribution < -0.4 is 4.74 Å². The number of carbonyl (C=O) groups excluding carboxylic acids is 1. The lowest BCUT2D eigenvalue weighted by molar-refractivity contribution is -0.128. The Labute approximate surface area is 145 Å². The van der Waals surface area contributed by atoms with Crippen LogP contribution in [0.25, 0.3) is 6.08 Å². The zero-order valence-electron chi connectivity index (χ0n) is 15.2. The van der Waals surface area contributed by atoms with E-state index in [9.17, 15) is 4.79 Å². The Morgan fingerprint density at radius 1 is 0.958 bits per heavy atom. The highest BCUT2D eigenvalue weighted by Crippen LogP contribution is 2.27. The molecule has 0 aliphatic heterocycles. The summed E-state index contributed by atoms with van der Waals surface area (Å²) in [5.74, 6) is 1.10. The predicted molar refractivity (Wildman–Crippen MR) is 100 cm³/mol. The third-order valence-corrected chi connectivity index (χ3v) is 4.01. The van der Waals surface area contributed by atoms with Gasteiger partial charge in [0.2, 0.25) is 0 Å². The molecule has 2 aromatic carbocycles. The molecule has 24 heavy (non-hydrogen) atoms. The average Bonchev–Trinajstić information content (AvgIpc) is 2.54. The molecule has 126 valence electrons. The molecule has 0 aromatic heterocycles. The monoisotopic (exact) mass is 322 g/mol. The molecule has 0 fully saturated rings. The van der Waals surface area contributed by atoms with Crippen LogP contribution in [-0.2, 0) is 4.79 Å². The van der Waals surface area contributed by atoms with E-state index in [0.29, 0.717) is 17.6 Å². The first-order chi connectivity index (χ1) is 11.4. The number of ether oxygens (including phenoxy) is 1. The van der Waals surface area contributed by atoms with Gasteiger partial charge in [-0.1, -0.05) is 69.7 Å². The Balaban J connectivity index is 2.08. The summed E-state index contributed by atoms with van der Waals surface area (Å²) in [6.45, 7) is 10.6. The first kappa shape index (κ1) is 18.0. The molecular formula is C22H26O2. The van der Waals surface area contributed by atoms with Crippen molar-refractivity contribution in [2.75, 3.05) is 0 Å². The molecule has 2 aromatic rings. The van der Waals surface area contributed by atoms with Crippen LogP contribution in [0, 0.1) is 6.92 Å². The van der Waals surface area contributed by atoms with E-state index in [1.165, 1.54) is 17.2 Å². The molecule has 0 aliphatic carbocycles. The normalized spacial score (nSPS) is 11.5. The van der Waals surface area contributed by atoms with E-state index in [4.69, 9.17) is 4.74 Å². The number of aryl methyl sites for hydroxylation is 1. The molecule has 0 atom stereocenters. The molecule has 0 spiro atoms. The fourth-order valence-electron chi connectivity index (χ4n) is 2.51. The van der Waals surface area contributed by atoms with Crippen molar-refractivity contribution in [3.05, 3.63) is 70.8 Å².